The summed E-state index contributed by atoms with van der Waals surface area (Å²) < 4.78 is 0. The van der Waals surface area contributed by atoms with Gasteiger partial charge in [-0.1, -0.05) is 19.8 Å². The number of nitrogens with one attached hydrogen (secondary N) is 1. The van der Waals surface area contributed by atoms with Crippen LogP contribution in [0, 0.1) is 0 Å². The van der Waals surface area contributed by atoms with Crippen LogP contribution >= 0.6 is 0 Å². The number of aliphatic hydroxyl groups excluding tert-OH is 1. The molecule has 0 aromatic carbocycles. The van der Waals surface area contributed by atoms with Crippen molar-refractivity contribution in [2.45, 2.75) is 77.4 Å². The smallest absolute Gasteiger partial charge is 0.237 e. The van der Waals surface area contributed by atoms with Crippen LogP contribution in [-0.2, 0) is 4.79 Å². The summed E-state index contributed by atoms with van der Waals surface area (Å²) in [4.78, 5) is 14.5. The normalized spacial score (nSPS) is 19.0. The van der Waals surface area contributed by atoms with Gasteiger partial charge in [0.15, 0.2) is 0 Å². The molecule has 0 aromatic rings. The minimum atomic E-state index is -0.0869. The Morgan fingerprint density at radius 1 is 1.42 bits per heavy atom. The standard InChI is InChI=1S/C15H30N2O2/c1-4-7-12(2)16-15(19)13(3)17(10-6-11-18)14-8-5-9-14/h12-14,18H,4-11H2,1-3H3,(H,16,19). The van der Waals surface area contributed by atoms with Gasteiger partial charge in [-0.25, -0.2) is 0 Å². The monoisotopic (exact) mass is 270 g/mol. The molecule has 0 spiro atoms. The zero-order valence-electron chi connectivity index (χ0n) is 12.7. The minimum absolute atomic E-state index is 0.0869. The highest BCUT2D eigenvalue weighted by Gasteiger charge is 2.31. The van der Waals surface area contributed by atoms with Crippen molar-refractivity contribution in [2.75, 3.05) is 13.2 Å². The summed E-state index contributed by atoms with van der Waals surface area (Å²) in [6.07, 6.45) is 6.51. The van der Waals surface area contributed by atoms with E-state index >= 15 is 0 Å². The van der Waals surface area contributed by atoms with Crippen molar-refractivity contribution in [3.63, 3.8) is 0 Å². The number of nitrogens with zero attached hydrogens (tertiary/aromatic N) is 1. The second-order valence-electron chi connectivity index (χ2n) is 5.77. The number of amides is 1. The highest BCUT2D eigenvalue weighted by molar-refractivity contribution is 5.81. The van der Waals surface area contributed by atoms with E-state index in [-0.39, 0.29) is 24.6 Å². The van der Waals surface area contributed by atoms with Gasteiger partial charge in [-0.2, -0.15) is 0 Å². The summed E-state index contributed by atoms with van der Waals surface area (Å²) >= 11 is 0. The van der Waals surface area contributed by atoms with Crippen molar-refractivity contribution >= 4 is 5.91 Å². The summed E-state index contributed by atoms with van der Waals surface area (Å²) in [5, 5.41) is 12.1. The third-order valence-electron chi connectivity index (χ3n) is 4.11. The summed E-state index contributed by atoms with van der Waals surface area (Å²) in [5.41, 5.74) is 0. The van der Waals surface area contributed by atoms with Gasteiger partial charge in [-0.15, -0.1) is 0 Å². The molecule has 1 saturated carbocycles. The molecule has 2 N–H and O–H groups in total. The van der Waals surface area contributed by atoms with Crippen molar-refractivity contribution in [1.82, 2.24) is 10.2 Å². The molecule has 1 aliphatic carbocycles. The van der Waals surface area contributed by atoms with Crippen LogP contribution in [0.4, 0.5) is 0 Å². The summed E-state index contributed by atoms with van der Waals surface area (Å²) in [7, 11) is 0. The van der Waals surface area contributed by atoms with E-state index in [2.05, 4.69) is 24.1 Å². The first-order chi connectivity index (χ1) is 9.10. The number of carbonyl (C=O) groups excluding carboxylic acids is 1. The molecule has 1 rings (SSSR count). The number of rotatable bonds is 9. The van der Waals surface area contributed by atoms with E-state index in [0.29, 0.717) is 6.04 Å². The Balaban J connectivity index is 2.48. The van der Waals surface area contributed by atoms with E-state index < -0.39 is 0 Å². The third kappa shape index (κ3) is 5.11. The van der Waals surface area contributed by atoms with E-state index in [0.717, 1.165) is 25.8 Å². The van der Waals surface area contributed by atoms with E-state index in [1.165, 1.54) is 19.3 Å². The van der Waals surface area contributed by atoms with Crippen LogP contribution in [0.15, 0.2) is 0 Å². The van der Waals surface area contributed by atoms with Crippen LogP contribution in [0.2, 0.25) is 0 Å². The summed E-state index contributed by atoms with van der Waals surface area (Å²) in [5.74, 6) is 0.130. The maximum atomic E-state index is 12.3. The molecule has 19 heavy (non-hydrogen) atoms. The van der Waals surface area contributed by atoms with Crippen LogP contribution < -0.4 is 5.32 Å². The Bertz CT molecular complexity index is 267. The van der Waals surface area contributed by atoms with Gasteiger partial charge in [-0.05, 0) is 39.5 Å². The molecule has 112 valence electrons. The maximum absolute atomic E-state index is 12.3. The van der Waals surface area contributed by atoms with Gasteiger partial charge in [-0.3, -0.25) is 9.69 Å². The second-order valence-corrected chi connectivity index (χ2v) is 5.77. The lowest BCUT2D eigenvalue weighted by Crippen LogP contribution is -2.53. The average molecular weight is 270 g/mol. The first-order valence-corrected chi connectivity index (χ1v) is 7.77. The summed E-state index contributed by atoms with van der Waals surface area (Å²) in [6.45, 7) is 7.20. The van der Waals surface area contributed by atoms with Gasteiger partial charge in [0.1, 0.15) is 0 Å². The van der Waals surface area contributed by atoms with Crippen LogP contribution in [0.1, 0.15) is 59.3 Å². The highest BCUT2D eigenvalue weighted by Crippen LogP contribution is 2.26. The first kappa shape index (κ1) is 16.4. The minimum Gasteiger partial charge on any atom is -0.396 e. The Kier molecular flexibility index (Phi) is 7.39. The Morgan fingerprint density at radius 2 is 2.11 bits per heavy atom. The molecule has 4 heteroatoms. The first-order valence-electron chi connectivity index (χ1n) is 7.77. The zero-order chi connectivity index (χ0) is 14.3. The number of aliphatic hydroxyl groups is 1. The van der Waals surface area contributed by atoms with E-state index in [1.807, 2.05) is 6.92 Å². The number of hydrogen-bond acceptors (Lipinski definition) is 3. The Labute approximate surface area is 117 Å². The fraction of sp³-hybridized carbons (Fsp3) is 0.933. The lowest BCUT2D eigenvalue weighted by Gasteiger charge is -2.41. The number of carbonyl (C=O) groups is 1. The van der Waals surface area contributed by atoms with Crippen LogP contribution in [0.3, 0.4) is 0 Å². The topological polar surface area (TPSA) is 52.6 Å². The molecule has 1 amide bonds. The molecular formula is C15H30N2O2. The number of hydrogen-bond donors (Lipinski definition) is 2. The van der Waals surface area contributed by atoms with E-state index in [1.54, 1.807) is 0 Å². The fourth-order valence-electron chi connectivity index (χ4n) is 2.68. The fourth-order valence-corrected chi connectivity index (χ4v) is 2.68. The predicted molar refractivity (Wildman–Crippen MR) is 78.0 cm³/mol. The van der Waals surface area contributed by atoms with Crippen LogP contribution in [0.25, 0.3) is 0 Å². The largest absolute Gasteiger partial charge is 0.396 e. The predicted octanol–water partition coefficient (Wildman–Crippen LogP) is 1.92. The molecule has 0 heterocycles. The molecule has 2 atom stereocenters. The quantitative estimate of drug-likeness (QED) is 0.673. The SMILES string of the molecule is CCCC(C)NC(=O)C(C)N(CCCO)C1CCC1. The molecule has 4 nitrogen and oxygen atoms in total. The zero-order valence-corrected chi connectivity index (χ0v) is 12.7. The molecule has 2 unspecified atom stereocenters. The second kappa shape index (κ2) is 8.54. The van der Waals surface area contributed by atoms with Gasteiger partial charge in [0.05, 0.1) is 6.04 Å². The van der Waals surface area contributed by atoms with Crippen molar-refractivity contribution in [3.05, 3.63) is 0 Å². The van der Waals surface area contributed by atoms with Crippen molar-refractivity contribution in [3.8, 4) is 0 Å². The summed E-state index contributed by atoms with van der Waals surface area (Å²) in [6, 6.07) is 0.700. The highest BCUT2D eigenvalue weighted by atomic mass is 16.3. The Hall–Kier alpha value is -0.610. The maximum Gasteiger partial charge on any atom is 0.237 e. The van der Waals surface area contributed by atoms with Crippen molar-refractivity contribution < 1.29 is 9.90 Å². The molecule has 0 aromatic heterocycles. The lowest BCUT2D eigenvalue weighted by atomic mass is 9.90. The average Bonchev–Trinajstić information content (AvgIpc) is 2.31. The van der Waals surface area contributed by atoms with Crippen molar-refractivity contribution in [1.29, 1.82) is 0 Å². The third-order valence-corrected chi connectivity index (χ3v) is 4.11. The molecule has 0 bridgehead atoms. The molecule has 0 saturated heterocycles. The van der Waals surface area contributed by atoms with Crippen LogP contribution in [-0.4, -0.2) is 47.2 Å². The van der Waals surface area contributed by atoms with Gasteiger partial charge in [0.2, 0.25) is 5.91 Å². The van der Waals surface area contributed by atoms with Gasteiger partial charge >= 0.3 is 0 Å². The molecular weight excluding hydrogens is 240 g/mol. The van der Waals surface area contributed by atoms with E-state index in [9.17, 15) is 4.79 Å². The van der Waals surface area contributed by atoms with Crippen LogP contribution in [0.5, 0.6) is 0 Å². The van der Waals surface area contributed by atoms with Gasteiger partial charge in [0.25, 0.3) is 0 Å². The Morgan fingerprint density at radius 3 is 2.58 bits per heavy atom. The lowest BCUT2D eigenvalue weighted by molar-refractivity contribution is -0.128. The molecule has 1 aliphatic rings. The molecule has 0 radical (unpaired) electrons. The molecule has 0 aliphatic heterocycles. The van der Waals surface area contributed by atoms with E-state index in [4.69, 9.17) is 5.11 Å². The van der Waals surface area contributed by atoms with Crippen molar-refractivity contribution in [2.24, 2.45) is 0 Å². The molecule has 1 fully saturated rings. The van der Waals surface area contributed by atoms with Gasteiger partial charge in [0, 0.05) is 25.2 Å². The van der Waals surface area contributed by atoms with Gasteiger partial charge < -0.3 is 10.4 Å².